The van der Waals surface area contributed by atoms with Crippen molar-refractivity contribution in [2.24, 2.45) is 0 Å². The van der Waals surface area contributed by atoms with Crippen LogP contribution in [0.1, 0.15) is 24.1 Å². The molecule has 2 amide bonds. The van der Waals surface area contributed by atoms with Gasteiger partial charge in [0.25, 0.3) is 0 Å². The summed E-state index contributed by atoms with van der Waals surface area (Å²) in [5.41, 5.74) is 3.58. The van der Waals surface area contributed by atoms with Crippen molar-refractivity contribution >= 4 is 21.6 Å². The number of halogens is 1. The fourth-order valence-corrected chi connectivity index (χ4v) is 5.08. The van der Waals surface area contributed by atoms with Crippen LogP contribution in [0.25, 0.3) is 11.1 Å². The first-order chi connectivity index (χ1) is 16.8. The monoisotopic (exact) mass is 488 g/mol. The minimum Gasteiger partial charge on any atom is -0.331 e. The summed E-state index contributed by atoms with van der Waals surface area (Å²) in [5, 5.41) is 5.64. The number of benzene rings is 4. The van der Waals surface area contributed by atoms with E-state index in [0.717, 1.165) is 11.1 Å². The lowest BCUT2D eigenvalue weighted by Gasteiger charge is -2.15. The predicted octanol–water partition coefficient (Wildman–Crippen LogP) is 6.35. The summed E-state index contributed by atoms with van der Waals surface area (Å²) >= 11 is 0. The van der Waals surface area contributed by atoms with Crippen molar-refractivity contribution in [3.05, 3.63) is 120 Å². The van der Waals surface area contributed by atoms with Crippen molar-refractivity contribution in [2.45, 2.75) is 23.6 Å². The van der Waals surface area contributed by atoms with Gasteiger partial charge in [0.15, 0.2) is 9.84 Å². The quantitative estimate of drug-likeness (QED) is 0.318. The smallest absolute Gasteiger partial charge is 0.319 e. The van der Waals surface area contributed by atoms with E-state index in [2.05, 4.69) is 10.6 Å². The number of hydrogen-bond acceptors (Lipinski definition) is 3. The molecule has 0 fully saturated rings. The predicted molar refractivity (Wildman–Crippen MR) is 136 cm³/mol. The molecule has 4 aromatic rings. The Kier molecular flexibility index (Phi) is 7.27. The third-order valence-corrected chi connectivity index (χ3v) is 7.27. The normalized spacial score (nSPS) is 12.1. The van der Waals surface area contributed by atoms with Gasteiger partial charge in [0, 0.05) is 5.69 Å². The Morgan fingerprint density at radius 1 is 0.829 bits per heavy atom. The van der Waals surface area contributed by atoms with Gasteiger partial charge >= 0.3 is 6.03 Å². The van der Waals surface area contributed by atoms with Crippen LogP contribution in [0.4, 0.5) is 14.9 Å². The van der Waals surface area contributed by atoms with E-state index in [-0.39, 0.29) is 28.5 Å². The first-order valence-corrected chi connectivity index (χ1v) is 12.8. The van der Waals surface area contributed by atoms with E-state index in [1.54, 1.807) is 60.7 Å². The largest absolute Gasteiger partial charge is 0.331 e. The standard InChI is InChI=1S/C28H25FN2O3S/c1-20(22-6-3-2-4-7-22)30-28(32)31-26-16-10-21(11-17-26)19-35(33,34)27-9-5-8-24(18-27)23-12-14-25(29)15-13-23/h2-18,20H,19H2,1H3,(H2,30,31,32). The van der Waals surface area contributed by atoms with Crippen LogP contribution < -0.4 is 10.6 Å². The van der Waals surface area contributed by atoms with Crippen LogP contribution in [0.2, 0.25) is 0 Å². The van der Waals surface area contributed by atoms with Crippen molar-refractivity contribution in [3.8, 4) is 11.1 Å². The molecule has 35 heavy (non-hydrogen) atoms. The molecule has 0 aliphatic rings. The third kappa shape index (κ3) is 6.33. The maximum atomic E-state index is 13.2. The number of sulfone groups is 1. The van der Waals surface area contributed by atoms with E-state index < -0.39 is 9.84 Å². The van der Waals surface area contributed by atoms with Crippen molar-refractivity contribution in [2.75, 3.05) is 5.32 Å². The summed E-state index contributed by atoms with van der Waals surface area (Å²) in [7, 11) is -3.61. The van der Waals surface area contributed by atoms with E-state index in [4.69, 9.17) is 0 Å². The van der Waals surface area contributed by atoms with Crippen LogP contribution >= 0.6 is 0 Å². The van der Waals surface area contributed by atoms with Crippen LogP contribution in [0.3, 0.4) is 0 Å². The lowest BCUT2D eigenvalue weighted by atomic mass is 10.1. The Balaban J connectivity index is 1.40. The van der Waals surface area contributed by atoms with E-state index in [1.165, 1.54) is 12.1 Å². The Labute approximate surface area is 204 Å². The second kappa shape index (κ2) is 10.5. The molecule has 178 valence electrons. The number of carbonyl (C=O) groups excluding carboxylic acids is 1. The molecule has 4 aromatic carbocycles. The van der Waals surface area contributed by atoms with E-state index in [1.807, 2.05) is 37.3 Å². The highest BCUT2D eigenvalue weighted by Crippen LogP contribution is 2.25. The van der Waals surface area contributed by atoms with E-state index in [9.17, 15) is 17.6 Å². The van der Waals surface area contributed by atoms with Crippen LogP contribution in [-0.4, -0.2) is 14.4 Å². The molecule has 5 nitrogen and oxygen atoms in total. The molecular weight excluding hydrogens is 463 g/mol. The number of nitrogens with one attached hydrogen (secondary N) is 2. The molecule has 4 rings (SSSR count). The summed E-state index contributed by atoms with van der Waals surface area (Å²) in [4.78, 5) is 12.5. The fraction of sp³-hybridized carbons (Fsp3) is 0.107. The molecule has 2 N–H and O–H groups in total. The second-order valence-corrected chi connectivity index (χ2v) is 10.2. The van der Waals surface area contributed by atoms with Gasteiger partial charge in [-0.25, -0.2) is 17.6 Å². The highest BCUT2D eigenvalue weighted by atomic mass is 32.2. The molecule has 0 spiro atoms. The lowest BCUT2D eigenvalue weighted by molar-refractivity contribution is 0.249. The third-order valence-electron chi connectivity index (χ3n) is 5.59. The first kappa shape index (κ1) is 24.2. The van der Waals surface area contributed by atoms with Crippen LogP contribution in [0.15, 0.2) is 108 Å². The average Bonchev–Trinajstić information content (AvgIpc) is 2.86. The van der Waals surface area contributed by atoms with Gasteiger partial charge in [-0.15, -0.1) is 0 Å². The summed E-state index contributed by atoms with van der Waals surface area (Å²) in [6, 6.07) is 28.3. The molecule has 0 aromatic heterocycles. The van der Waals surface area contributed by atoms with Crippen LogP contribution in [-0.2, 0) is 15.6 Å². The summed E-state index contributed by atoms with van der Waals surface area (Å²) in [5.74, 6) is -0.532. The Morgan fingerprint density at radius 2 is 1.51 bits per heavy atom. The molecular formula is C28H25FN2O3S. The average molecular weight is 489 g/mol. The maximum absolute atomic E-state index is 13.2. The Bertz CT molecular complexity index is 1410. The zero-order valence-corrected chi connectivity index (χ0v) is 19.9. The number of hydrogen-bond donors (Lipinski definition) is 2. The van der Waals surface area contributed by atoms with Crippen LogP contribution in [0, 0.1) is 5.82 Å². The fourth-order valence-electron chi connectivity index (χ4n) is 3.69. The molecule has 0 aliphatic heterocycles. The highest BCUT2D eigenvalue weighted by Gasteiger charge is 2.17. The summed E-state index contributed by atoms with van der Waals surface area (Å²) in [6.07, 6.45) is 0. The minimum absolute atomic E-state index is 0.161. The zero-order valence-electron chi connectivity index (χ0n) is 19.1. The maximum Gasteiger partial charge on any atom is 0.319 e. The van der Waals surface area contributed by atoms with Gasteiger partial charge in [0.1, 0.15) is 5.82 Å². The van der Waals surface area contributed by atoms with Gasteiger partial charge in [-0.3, -0.25) is 0 Å². The highest BCUT2D eigenvalue weighted by molar-refractivity contribution is 7.90. The van der Waals surface area contributed by atoms with Gasteiger partial charge in [-0.1, -0.05) is 66.7 Å². The Morgan fingerprint density at radius 3 is 2.20 bits per heavy atom. The second-order valence-electron chi connectivity index (χ2n) is 8.22. The molecule has 1 atom stereocenters. The Hall–Kier alpha value is -3.97. The molecule has 0 heterocycles. The van der Waals surface area contributed by atoms with Crippen molar-refractivity contribution in [1.82, 2.24) is 5.32 Å². The number of carbonyl (C=O) groups is 1. The number of amides is 2. The van der Waals surface area contributed by atoms with Gasteiger partial charge < -0.3 is 10.6 Å². The zero-order chi connectivity index (χ0) is 24.8. The SMILES string of the molecule is CC(NC(=O)Nc1ccc(CS(=O)(=O)c2cccc(-c3ccc(F)cc3)c2)cc1)c1ccccc1. The van der Waals surface area contributed by atoms with Crippen LogP contribution in [0.5, 0.6) is 0 Å². The minimum atomic E-state index is -3.61. The molecule has 0 aliphatic carbocycles. The van der Waals surface area contributed by atoms with Crippen molar-refractivity contribution in [3.63, 3.8) is 0 Å². The summed E-state index contributed by atoms with van der Waals surface area (Å²) in [6.45, 7) is 1.90. The van der Waals surface area contributed by atoms with Crippen molar-refractivity contribution < 1.29 is 17.6 Å². The summed E-state index contributed by atoms with van der Waals surface area (Å²) < 4.78 is 39.3. The van der Waals surface area contributed by atoms with Gasteiger partial charge in [0.2, 0.25) is 0 Å². The van der Waals surface area contributed by atoms with Crippen molar-refractivity contribution in [1.29, 1.82) is 0 Å². The number of rotatable bonds is 7. The van der Waals surface area contributed by atoms with Gasteiger partial charge in [-0.05, 0) is 65.6 Å². The first-order valence-electron chi connectivity index (χ1n) is 11.1. The molecule has 7 heteroatoms. The molecule has 0 bridgehead atoms. The molecule has 0 saturated carbocycles. The number of urea groups is 1. The van der Waals surface area contributed by atoms with Gasteiger partial charge in [0.05, 0.1) is 16.7 Å². The number of anilines is 1. The van der Waals surface area contributed by atoms with Gasteiger partial charge in [-0.2, -0.15) is 0 Å². The van der Waals surface area contributed by atoms with E-state index >= 15 is 0 Å². The lowest BCUT2D eigenvalue weighted by Crippen LogP contribution is -2.31. The molecule has 0 saturated heterocycles. The van der Waals surface area contributed by atoms with E-state index in [0.29, 0.717) is 16.8 Å². The molecule has 1 unspecified atom stereocenters. The molecule has 0 radical (unpaired) electrons. The topological polar surface area (TPSA) is 75.3 Å².